The standard InChI is InChI=1S/C9H12O3/c1-8(2)3-6(11)7-9(4-8,5-10)12-7/h5,7H,3-4H2,1-2H3. The summed E-state index contributed by atoms with van der Waals surface area (Å²) in [6.07, 6.45) is 1.59. The summed E-state index contributed by atoms with van der Waals surface area (Å²) < 4.78 is 5.14. The summed E-state index contributed by atoms with van der Waals surface area (Å²) >= 11 is 0. The van der Waals surface area contributed by atoms with E-state index in [1.807, 2.05) is 13.8 Å². The fourth-order valence-electron chi connectivity index (χ4n) is 2.16. The van der Waals surface area contributed by atoms with Gasteiger partial charge in [0, 0.05) is 6.42 Å². The van der Waals surface area contributed by atoms with Crippen LogP contribution in [0.3, 0.4) is 0 Å². The van der Waals surface area contributed by atoms with Crippen molar-refractivity contribution in [1.82, 2.24) is 0 Å². The summed E-state index contributed by atoms with van der Waals surface area (Å²) in [6.45, 7) is 3.99. The van der Waals surface area contributed by atoms with Gasteiger partial charge >= 0.3 is 0 Å². The molecule has 1 saturated carbocycles. The number of hydrogen-bond donors (Lipinski definition) is 0. The molecule has 1 heterocycles. The number of epoxide rings is 1. The first kappa shape index (κ1) is 7.92. The number of fused-ring (bicyclic) bond motifs is 1. The average molecular weight is 168 g/mol. The minimum absolute atomic E-state index is 0.0784. The molecule has 0 spiro atoms. The molecule has 66 valence electrons. The summed E-state index contributed by atoms with van der Waals surface area (Å²) in [6, 6.07) is 0. The van der Waals surface area contributed by atoms with Crippen molar-refractivity contribution in [3.63, 3.8) is 0 Å². The second kappa shape index (κ2) is 1.96. The average Bonchev–Trinajstić information content (AvgIpc) is 2.61. The van der Waals surface area contributed by atoms with Gasteiger partial charge < -0.3 is 9.53 Å². The van der Waals surface area contributed by atoms with Crippen LogP contribution in [0.25, 0.3) is 0 Å². The molecule has 12 heavy (non-hydrogen) atoms. The van der Waals surface area contributed by atoms with Crippen LogP contribution in [0.5, 0.6) is 0 Å². The van der Waals surface area contributed by atoms with E-state index in [0.717, 1.165) is 6.29 Å². The molecule has 2 fully saturated rings. The van der Waals surface area contributed by atoms with Crippen LogP contribution in [-0.2, 0) is 14.3 Å². The molecule has 1 aliphatic heterocycles. The second-order valence-electron chi connectivity index (χ2n) is 4.55. The van der Waals surface area contributed by atoms with Crippen LogP contribution in [0.15, 0.2) is 0 Å². The Hall–Kier alpha value is -0.700. The smallest absolute Gasteiger partial charge is 0.165 e. The van der Waals surface area contributed by atoms with Gasteiger partial charge in [-0.25, -0.2) is 0 Å². The van der Waals surface area contributed by atoms with Gasteiger partial charge in [0.15, 0.2) is 23.8 Å². The van der Waals surface area contributed by atoms with E-state index >= 15 is 0 Å². The van der Waals surface area contributed by atoms with E-state index in [2.05, 4.69) is 0 Å². The molecule has 1 saturated heterocycles. The van der Waals surface area contributed by atoms with Crippen LogP contribution in [0.1, 0.15) is 26.7 Å². The number of hydrogen-bond acceptors (Lipinski definition) is 3. The van der Waals surface area contributed by atoms with Crippen molar-refractivity contribution in [2.24, 2.45) is 5.41 Å². The quantitative estimate of drug-likeness (QED) is 0.428. The lowest BCUT2D eigenvalue weighted by atomic mass is 9.72. The molecule has 0 radical (unpaired) electrons. The molecule has 2 atom stereocenters. The van der Waals surface area contributed by atoms with Gasteiger partial charge in [-0.1, -0.05) is 13.8 Å². The second-order valence-corrected chi connectivity index (χ2v) is 4.55. The van der Waals surface area contributed by atoms with Gasteiger partial charge in [0.1, 0.15) is 0 Å². The van der Waals surface area contributed by atoms with Crippen molar-refractivity contribution in [2.75, 3.05) is 0 Å². The van der Waals surface area contributed by atoms with Gasteiger partial charge in [-0.2, -0.15) is 0 Å². The molecule has 0 N–H and O–H groups in total. The van der Waals surface area contributed by atoms with E-state index in [4.69, 9.17) is 4.74 Å². The zero-order chi connectivity index (χ0) is 8.98. The van der Waals surface area contributed by atoms with E-state index < -0.39 is 11.7 Å². The molecule has 2 aliphatic rings. The van der Waals surface area contributed by atoms with Crippen molar-refractivity contribution >= 4 is 12.1 Å². The normalized spacial score (nSPS) is 43.5. The third-order valence-electron chi connectivity index (χ3n) is 2.62. The first-order valence-corrected chi connectivity index (χ1v) is 4.16. The summed E-state index contributed by atoms with van der Waals surface area (Å²) in [5, 5.41) is 0. The Morgan fingerprint density at radius 3 is 2.83 bits per heavy atom. The maximum Gasteiger partial charge on any atom is 0.165 e. The van der Waals surface area contributed by atoms with Gasteiger partial charge in [0.05, 0.1) is 0 Å². The van der Waals surface area contributed by atoms with Crippen LogP contribution >= 0.6 is 0 Å². The minimum Gasteiger partial charge on any atom is -0.350 e. The van der Waals surface area contributed by atoms with E-state index in [0.29, 0.717) is 12.8 Å². The Labute approximate surface area is 71.1 Å². The Bertz CT molecular complexity index is 256. The van der Waals surface area contributed by atoms with E-state index in [1.54, 1.807) is 0 Å². The van der Waals surface area contributed by atoms with Gasteiger partial charge in [-0.3, -0.25) is 4.79 Å². The maximum absolute atomic E-state index is 11.3. The number of ketones is 1. The van der Waals surface area contributed by atoms with Crippen LogP contribution in [0, 0.1) is 5.41 Å². The number of rotatable bonds is 1. The molecule has 0 aromatic rings. The zero-order valence-corrected chi connectivity index (χ0v) is 7.29. The first-order chi connectivity index (χ1) is 5.49. The highest BCUT2D eigenvalue weighted by atomic mass is 16.6. The van der Waals surface area contributed by atoms with Crippen LogP contribution in [-0.4, -0.2) is 23.8 Å². The molecule has 1 aliphatic carbocycles. The van der Waals surface area contributed by atoms with Crippen LogP contribution < -0.4 is 0 Å². The van der Waals surface area contributed by atoms with Gasteiger partial charge in [0.25, 0.3) is 0 Å². The molecular weight excluding hydrogens is 156 g/mol. The van der Waals surface area contributed by atoms with Crippen molar-refractivity contribution in [3.05, 3.63) is 0 Å². The van der Waals surface area contributed by atoms with Crippen molar-refractivity contribution in [3.8, 4) is 0 Å². The predicted octanol–water partition coefficient (Wildman–Crippen LogP) is 0.712. The molecule has 0 aromatic heterocycles. The number of carbonyl (C=O) groups is 2. The molecule has 3 nitrogen and oxygen atoms in total. The molecule has 0 aromatic carbocycles. The predicted molar refractivity (Wildman–Crippen MR) is 41.7 cm³/mol. The Balaban J connectivity index is 2.25. The minimum atomic E-state index is -0.737. The van der Waals surface area contributed by atoms with Gasteiger partial charge in [0.2, 0.25) is 0 Å². The third-order valence-corrected chi connectivity index (χ3v) is 2.62. The van der Waals surface area contributed by atoms with Crippen molar-refractivity contribution in [1.29, 1.82) is 0 Å². The summed E-state index contributed by atoms with van der Waals surface area (Å²) in [4.78, 5) is 22.0. The Morgan fingerprint density at radius 1 is 1.58 bits per heavy atom. The Morgan fingerprint density at radius 2 is 2.25 bits per heavy atom. The largest absolute Gasteiger partial charge is 0.350 e. The molecule has 0 amide bonds. The highest BCUT2D eigenvalue weighted by Crippen LogP contribution is 2.51. The molecule has 0 bridgehead atoms. The third kappa shape index (κ3) is 0.926. The summed E-state index contributed by atoms with van der Waals surface area (Å²) in [5.41, 5.74) is -0.816. The maximum atomic E-state index is 11.3. The lowest BCUT2D eigenvalue weighted by molar-refractivity contribution is -0.124. The zero-order valence-electron chi connectivity index (χ0n) is 7.29. The van der Waals surface area contributed by atoms with E-state index in [-0.39, 0.29) is 11.2 Å². The van der Waals surface area contributed by atoms with Crippen molar-refractivity contribution < 1.29 is 14.3 Å². The van der Waals surface area contributed by atoms with E-state index in [9.17, 15) is 9.59 Å². The summed E-state index contributed by atoms with van der Waals surface area (Å²) in [5.74, 6) is 0.0818. The number of ether oxygens (including phenoxy) is 1. The first-order valence-electron chi connectivity index (χ1n) is 4.16. The highest BCUT2D eigenvalue weighted by molar-refractivity contribution is 5.94. The topological polar surface area (TPSA) is 46.7 Å². The fourth-order valence-corrected chi connectivity index (χ4v) is 2.16. The number of Topliss-reactive ketones (excluding diaryl/α,β-unsaturated/α-hetero) is 1. The van der Waals surface area contributed by atoms with Crippen molar-refractivity contribution in [2.45, 2.75) is 38.4 Å². The monoisotopic (exact) mass is 168 g/mol. The lowest BCUT2D eigenvalue weighted by Crippen LogP contribution is -2.37. The van der Waals surface area contributed by atoms with Crippen LogP contribution in [0.2, 0.25) is 0 Å². The lowest BCUT2D eigenvalue weighted by Gasteiger charge is -2.28. The molecular formula is C9H12O3. The molecule has 2 rings (SSSR count). The SMILES string of the molecule is CC1(C)CC(=O)C2OC2(C=O)C1. The fraction of sp³-hybridized carbons (Fsp3) is 0.778. The molecule has 2 unspecified atom stereocenters. The van der Waals surface area contributed by atoms with Gasteiger partial charge in [-0.05, 0) is 11.8 Å². The van der Waals surface area contributed by atoms with E-state index in [1.165, 1.54) is 0 Å². The summed E-state index contributed by atoms with van der Waals surface area (Å²) in [7, 11) is 0. The van der Waals surface area contributed by atoms with Gasteiger partial charge in [-0.15, -0.1) is 0 Å². The highest BCUT2D eigenvalue weighted by Gasteiger charge is 2.65. The van der Waals surface area contributed by atoms with Crippen LogP contribution in [0.4, 0.5) is 0 Å². The number of aldehydes is 1. The number of carbonyl (C=O) groups excluding carboxylic acids is 2. The Kier molecular flexibility index (Phi) is 1.30. The molecule has 3 heteroatoms.